The van der Waals surface area contributed by atoms with Gasteiger partial charge in [-0.25, -0.2) is 9.97 Å². The van der Waals surface area contributed by atoms with Gasteiger partial charge in [0.1, 0.15) is 0 Å². The van der Waals surface area contributed by atoms with E-state index in [4.69, 9.17) is 4.98 Å². The zero-order valence-corrected chi connectivity index (χ0v) is 12.4. The van der Waals surface area contributed by atoms with Gasteiger partial charge in [0.25, 0.3) is 0 Å². The molecule has 0 spiro atoms. The lowest BCUT2D eigenvalue weighted by molar-refractivity contribution is 0.549. The second-order valence-corrected chi connectivity index (χ2v) is 5.48. The van der Waals surface area contributed by atoms with Crippen LogP contribution in [0.5, 0.6) is 0 Å². The molecule has 4 heteroatoms. The van der Waals surface area contributed by atoms with E-state index in [1.54, 1.807) is 0 Å². The third-order valence-corrected chi connectivity index (χ3v) is 4.04. The molecule has 0 saturated carbocycles. The standard InChI is InChI=1S/C15H26N4/c1-12(16-3)14-11-17-15(18-13(14)2)19-9-7-5-4-6-8-10-19/h11-12,16H,4-10H2,1-3H3. The molecule has 1 aromatic heterocycles. The van der Waals surface area contributed by atoms with Crippen molar-refractivity contribution in [1.29, 1.82) is 0 Å². The lowest BCUT2D eigenvalue weighted by atomic mass is 10.1. The Morgan fingerprint density at radius 1 is 1.16 bits per heavy atom. The molecule has 1 N–H and O–H groups in total. The van der Waals surface area contributed by atoms with Crippen molar-refractivity contribution in [3.05, 3.63) is 17.5 Å². The molecule has 1 aliphatic heterocycles. The Morgan fingerprint density at radius 3 is 2.37 bits per heavy atom. The predicted molar refractivity (Wildman–Crippen MR) is 79.5 cm³/mol. The van der Waals surface area contributed by atoms with Crippen molar-refractivity contribution in [3.63, 3.8) is 0 Å². The molecule has 1 atom stereocenters. The maximum absolute atomic E-state index is 4.71. The third kappa shape index (κ3) is 3.66. The van der Waals surface area contributed by atoms with E-state index in [0.29, 0.717) is 6.04 Å². The fraction of sp³-hybridized carbons (Fsp3) is 0.733. The van der Waals surface area contributed by atoms with Crippen LogP contribution < -0.4 is 10.2 Å². The van der Waals surface area contributed by atoms with E-state index in [0.717, 1.165) is 24.7 Å². The molecule has 1 aliphatic rings. The zero-order chi connectivity index (χ0) is 13.7. The second-order valence-electron chi connectivity index (χ2n) is 5.48. The van der Waals surface area contributed by atoms with E-state index in [2.05, 4.69) is 29.0 Å². The Hall–Kier alpha value is -1.16. The van der Waals surface area contributed by atoms with Crippen LogP contribution in [0, 0.1) is 6.92 Å². The average molecular weight is 262 g/mol. The van der Waals surface area contributed by atoms with E-state index in [-0.39, 0.29) is 0 Å². The van der Waals surface area contributed by atoms with Gasteiger partial charge < -0.3 is 10.2 Å². The summed E-state index contributed by atoms with van der Waals surface area (Å²) >= 11 is 0. The summed E-state index contributed by atoms with van der Waals surface area (Å²) in [5, 5.41) is 3.25. The Labute approximate surface area is 116 Å². The Morgan fingerprint density at radius 2 is 1.79 bits per heavy atom. The SMILES string of the molecule is CNC(C)c1cnc(N2CCCCCCC2)nc1C. The van der Waals surface area contributed by atoms with Crippen molar-refractivity contribution >= 4 is 5.95 Å². The van der Waals surface area contributed by atoms with Gasteiger partial charge in [0, 0.05) is 36.6 Å². The highest BCUT2D eigenvalue weighted by Crippen LogP contribution is 2.19. The summed E-state index contributed by atoms with van der Waals surface area (Å²) in [4.78, 5) is 11.6. The van der Waals surface area contributed by atoms with E-state index in [1.807, 2.05) is 13.2 Å². The Balaban J connectivity index is 2.13. The van der Waals surface area contributed by atoms with Crippen LogP contribution in [0.25, 0.3) is 0 Å². The van der Waals surface area contributed by atoms with Crippen LogP contribution in [-0.4, -0.2) is 30.1 Å². The normalized spacial score (nSPS) is 18.8. The summed E-state index contributed by atoms with van der Waals surface area (Å²) in [5.74, 6) is 0.909. The Bertz CT molecular complexity index is 397. The van der Waals surface area contributed by atoms with E-state index in [1.165, 1.54) is 37.7 Å². The van der Waals surface area contributed by atoms with Crippen LogP contribution in [0.1, 0.15) is 56.3 Å². The molecule has 0 amide bonds. The smallest absolute Gasteiger partial charge is 0.225 e. The van der Waals surface area contributed by atoms with Crippen molar-refractivity contribution in [2.75, 3.05) is 25.0 Å². The van der Waals surface area contributed by atoms with E-state index >= 15 is 0 Å². The molecule has 19 heavy (non-hydrogen) atoms. The largest absolute Gasteiger partial charge is 0.341 e. The summed E-state index contributed by atoms with van der Waals surface area (Å²) in [6, 6.07) is 0.307. The number of hydrogen-bond donors (Lipinski definition) is 1. The van der Waals surface area contributed by atoms with Gasteiger partial charge in [0.2, 0.25) is 5.95 Å². The number of aryl methyl sites for hydroxylation is 1. The maximum Gasteiger partial charge on any atom is 0.225 e. The first-order chi connectivity index (χ1) is 9.22. The highest BCUT2D eigenvalue weighted by molar-refractivity contribution is 5.33. The topological polar surface area (TPSA) is 41.1 Å². The number of rotatable bonds is 3. The van der Waals surface area contributed by atoms with Gasteiger partial charge in [-0.3, -0.25) is 0 Å². The fourth-order valence-electron chi connectivity index (χ4n) is 2.64. The molecule has 1 aromatic rings. The molecule has 1 saturated heterocycles. The molecule has 1 fully saturated rings. The first-order valence-corrected chi connectivity index (χ1v) is 7.48. The first kappa shape index (κ1) is 14.3. The van der Waals surface area contributed by atoms with Crippen molar-refractivity contribution in [3.8, 4) is 0 Å². The molecule has 4 nitrogen and oxygen atoms in total. The van der Waals surface area contributed by atoms with Crippen molar-refractivity contribution in [1.82, 2.24) is 15.3 Å². The van der Waals surface area contributed by atoms with Crippen LogP contribution in [0.2, 0.25) is 0 Å². The van der Waals surface area contributed by atoms with Gasteiger partial charge in [0.15, 0.2) is 0 Å². The molecule has 0 bridgehead atoms. The summed E-state index contributed by atoms with van der Waals surface area (Å²) in [7, 11) is 1.97. The number of hydrogen-bond acceptors (Lipinski definition) is 4. The monoisotopic (exact) mass is 262 g/mol. The van der Waals surface area contributed by atoms with E-state index in [9.17, 15) is 0 Å². The zero-order valence-electron chi connectivity index (χ0n) is 12.4. The number of nitrogens with one attached hydrogen (secondary N) is 1. The van der Waals surface area contributed by atoms with Crippen LogP contribution in [0.4, 0.5) is 5.95 Å². The van der Waals surface area contributed by atoms with Crippen molar-refractivity contribution in [2.24, 2.45) is 0 Å². The van der Waals surface area contributed by atoms with Gasteiger partial charge in [-0.2, -0.15) is 0 Å². The van der Waals surface area contributed by atoms with E-state index < -0.39 is 0 Å². The van der Waals surface area contributed by atoms with Crippen molar-refractivity contribution < 1.29 is 0 Å². The molecular weight excluding hydrogens is 236 g/mol. The van der Waals surface area contributed by atoms with Gasteiger partial charge in [-0.05, 0) is 33.7 Å². The molecule has 106 valence electrons. The fourth-order valence-corrected chi connectivity index (χ4v) is 2.64. The number of anilines is 1. The molecule has 0 radical (unpaired) electrons. The lowest BCUT2D eigenvalue weighted by Gasteiger charge is -2.25. The maximum atomic E-state index is 4.71. The van der Waals surface area contributed by atoms with Crippen LogP contribution >= 0.6 is 0 Å². The minimum Gasteiger partial charge on any atom is -0.341 e. The first-order valence-electron chi connectivity index (χ1n) is 7.48. The second kappa shape index (κ2) is 6.85. The summed E-state index contributed by atoms with van der Waals surface area (Å²) in [5.41, 5.74) is 2.28. The summed E-state index contributed by atoms with van der Waals surface area (Å²) in [6.07, 6.45) is 8.56. The Kier molecular flexibility index (Phi) is 5.14. The molecule has 0 aliphatic carbocycles. The molecule has 1 unspecified atom stereocenters. The molecule has 2 heterocycles. The third-order valence-electron chi connectivity index (χ3n) is 4.04. The lowest BCUT2D eigenvalue weighted by Crippen LogP contribution is -2.29. The minimum atomic E-state index is 0.307. The van der Waals surface area contributed by atoms with Gasteiger partial charge in [-0.1, -0.05) is 19.3 Å². The summed E-state index contributed by atoms with van der Waals surface area (Å²) < 4.78 is 0. The minimum absolute atomic E-state index is 0.307. The number of aromatic nitrogens is 2. The summed E-state index contributed by atoms with van der Waals surface area (Å²) in [6.45, 7) is 6.42. The number of nitrogens with zero attached hydrogens (tertiary/aromatic N) is 3. The molecule has 0 aromatic carbocycles. The predicted octanol–water partition coefficient (Wildman–Crippen LogP) is 2.84. The highest BCUT2D eigenvalue weighted by atomic mass is 15.2. The highest BCUT2D eigenvalue weighted by Gasteiger charge is 2.14. The van der Waals surface area contributed by atoms with Gasteiger partial charge in [0.05, 0.1) is 0 Å². The van der Waals surface area contributed by atoms with Gasteiger partial charge >= 0.3 is 0 Å². The van der Waals surface area contributed by atoms with Crippen LogP contribution in [0.3, 0.4) is 0 Å². The van der Waals surface area contributed by atoms with Crippen molar-refractivity contribution in [2.45, 2.75) is 52.0 Å². The van der Waals surface area contributed by atoms with Gasteiger partial charge in [-0.15, -0.1) is 0 Å². The molecule has 2 rings (SSSR count). The van der Waals surface area contributed by atoms with Crippen LogP contribution in [-0.2, 0) is 0 Å². The van der Waals surface area contributed by atoms with Crippen LogP contribution in [0.15, 0.2) is 6.20 Å². The average Bonchev–Trinajstić information content (AvgIpc) is 2.37. The quantitative estimate of drug-likeness (QED) is 0.909. The molecular formula is C15H26N4.